The zero-order valence-electron chi connectivity index (χ0n) is 14.6. The van der Waals surface area contributed by atoms with Crippen LogP contribution in [-0.2, 0) is 15.1 Å². The number of carboxylic acid groups (broad SMARTS) is 1. The Morgan fingerprint density at radius 3 is 2.62 bits per heavy atom. The third kappa shape index (κ3) is 4.53. The number of methoxy groups -OCH3 is 1. The number of ether oxygens (including phenoxy) is 2. The van der Waals surface area contributed by atoms with E-state index in [1.165, 1.54) is 0 Å². The Hall–Kier alpha value is -2.57. The number of hydrogen-bond acceptors (Lipinski definition) is 5. The van der Waals surface area contributed by atoms with Gasteiger partial charge in [0.25, 0.3) is 6.47 Å². The summed E-state index contributed by atoms with van der Waals surface area (Å²) in [6.07, 6.45) is 0. The van der Waals surface area contributed by atoms with Gasteiger partial charge in [-0.3, -0.25) is 9.79 Å². The fourth-order valence-corrected chi connectivity index (χ4v) is 3.02. The van der Waals surface area contributed by atoms with Crippen LogP contribution in [0.15, 0.2) is 47.5 Å². The van der Waals surface area contributed by atoms with E-state index in [1.54, 1.807) is 7.11 Å². The van der Waals surface area contributed by atoms with Crippen LogP contribution in [0.3, 0.4) is 0 Å². The Morgan fingerprint density at radius 2 is 2.00 bits per heavy atom. The number of rotatable bonds is 3. The predicted molar refractivity (Wildman–Crippen MR) is 102 cm³/mol. The number of benzene rings is 2. The molecule has 0 aromatic heterocycles. The summed E-state index contributed by atoms with van der Waals surface area (Å²) >= 11 is 6.23. The van der Waals surface area contributed by atoms with Gasteiger partial charge in [-0.2, -0.15) is 0 Å². The van der Waals surface area contributed by atoms with Crippen LogP contribution in [0.5, 0.6) is 5.75 Å². The van der Waals surface area contributed by atoms with E-state index in [-0.39, 0.29) is 6.47 Å². The molecule has 0 amide bonds. The van der Waals surface area contributed by atoms with Gasteiger partial charge in [0, 0.05) is 0 Å². The lowest BCUT2D eigenvalue weighted by Crippen LogP contribution is -2.37. The lowest BCUT2D eigenvalue weighted by Gasteiger charge is -2.30. The molecule has 0 saturated carbocycles. The summed E-state index contributed by atoms with van der Waals surface area (Å²) < 4.78 is 10.8. The van der Waals surface area contributed by atoms with Gasteiger partial charge in [-0.25, -0.2) is 0 Å². The lowest BCUT2D eigenvalue weighted by molar-refractivity contribution is -0.122. The number of nitrogens with two attached hydrogens (primary N) is 1. The van der Waals surface area contributed by atoms with E-state index < -0.39 is 5.54 Å². The normalized spacial score (nSPS) is 19.0. The zero-order chi connectivity index (χ0) is 19.2. The zero-order valence-corrected chi connectivity index (χ0v) is 15.4. The van der Waals surface area contributed by atoms with Crippen molar-refractivity contribution < 1.29 is 19.4 Å². The standard InChI is InChI=1S/C18H19ClN2O2.CH2O2/c1-18(11-23-10-17(20)21-18)14-5-3-4-12(8-14)13-6-7-16(22-2)15(19)9-13;2-1-3/h3-9H,10-11H2,1-2H3,(H2,20,21);1H,(H,2,3). The first kappa shape index (κ1) is 19.8. The third-order valence-electron chi connectivity index (χ3n) is 3.99. The molecule has 0 aliphatic carbocycles. The molecule has 0 spiro atoms. The summed E-state index contributed by atoms with van der Waals surface area (Å²) in [5.41, 5.74) is 8.52. The quantitative estimate of drug-likeness (QED) is 0.801. The molecule has 2 aromatic carbocycles. The molecule has 1 aliphatic rings. The minimum absolute atomic E-state index is 0.250. The van der Waals surface area contributed by atoms with Crippen molar-refractivity contribution >= 4 is 23.9 Å². The predicted octanol–water partition coefficient (Wildman–Crippen LogP) is 3.32. The van der Waals surface area contributed by atoms with Gasteiger partial charge < -0.3 is 20.3 Å². The molecular weight excluding hydrogens is 356 g/mol. The van der Waals surface area contributed by atoms with Crippen LogP contribution >= 0.6 is 11.6 Å². The maximum atomic E-state index is 8.36. The Labute approximate surface area is 157 Å². The Morgan fingerprint density at radius 1 is 1.31 bits per heavy atom. The topological polar surface area (TPSA) is 94.1 Å². The molecule has 0 fully saturated rings. The van der Waals surface area contributed by atoms with E-state index in [4.69, 9.17) is 36.7 Å². The molecule has 1 unspecified atom stereocenters. The number of carbonyl (C=O) groups is 1. The maximum absolute atomic E-state index is 8.36. The van der Waals surface area contributed by atoms with E-state index in [1.807, 2.05) is 43.3 Å². The number of hydrogen-bond donors (Lipinski definition) is 2. The smallest absolute Gasteiger partial charge is 0.290 e. The minimum atomic E-state index is -0.464. The van der Waals surface area contributed by atoms with Crippen LogP contribution in [0.25, 0.3) is 11.1 Å². The van der Waals surface area contributed by atoms with Crippen molar-refractivity contribution in [2.75, 3.05) is 20.3 Å². The largest absolute Gasteiger partial charge is 0.495 e. The molecule has 138 valence electrons. The summed E-state index contributed by atoms with van der Waals surface area (Å²) in [6, 6.07) is 13.9. The maximum Gasteiger partial charge on any atom is 0.290 e. The molecular formula is C19H21ClN2O4. The van der Waals surface area contributed by atoms with Crippen LogP contribution in [0.4, 0.5) is 0 Å². The highest BCUT2D eigenvalue weighted by molar-refractivity contribution is 6.32. The van der Waals surface area contributed by atoms with E-state index in [0.29, 0.717) is 29.8 Å². The Balaban J connectivity index is 0.000000758. The van der Waals surface area contributed by atoms with Crippen molar-refractivity contribution in [1.29, 1.82) is 0 Å². The van der Waals surface area contributed by atoms with E-state index in [0.717, 1.165) is 16.7 Å². The first-order valence-corrected chi connectivity index (χ1v) is 8.25. The molecule has 26 heavy (non-hydrogen) atoms. The molecule has 7 heteroatoms. The van der Waals surface area contributed by atoms with Gasteiger partial charge in [0.15, 0.2) is 0 Å². The molecule has 0 bridgehead atoms. The second-order valence-corrected chi connectivity index (χ2v) is 6.31. The van der Waals surface area contributed by atoms with Crippen molar-refractivity contribution in [3.63, 3.8) is 0 Å². The summed E-state index contributed by atoms with van der Waals surface area (Å²) in [6.45, 7) is 2.68. The number of aliphatic imine (C=N–C) groups is 1. The minimum Gasteiger partial charge on any atom is -0.495 e. The monoisotopic (exact) mass is 376 g/mol. The van der Waals surface area contributed by atoms with Crippen molar-refractivity contribution in [2.45, 2.75) is 12.5 Å². The van der Waals surface area contributed by atoms with Gasteiger partial charge in [0.1, 0.15) is 23.7 Å². The molecule has 0 saturated heterocycles. The van der Waals surface area contributed by atoms with Gasteiger partial charge in [0.05, 0.1) is 18.7 Å². The van der Waals surface area contributed by atoms with Crippen molar-refractivity contribution in [2.24, 2.45) is 10.7 Å². The molecule has 1 heterocycles. The van der Waals surface area contributed by atoms with Gasteiger partial charge in [-0.05, 0) is 41.8 Å². The first-order valence-electron chi connectivity index (χ1n) is 7.88. The van der Waals surface area contributed by atoms with Crippen LogP contribution < -0.4 is 10.5 Å². The van der Waals surface area contributed by atoms with Crippen LogP contribution in [0.2, 0.25) is 5.02 Å². The van der Waals surface area contributed by atoms with E-state index >= 15 is 0 Å². The molecule has 3 N–H and O–H groups in total. The van der Waals surface area contributed by atoms with E-state index in [9.17, 15) is 0 Å². The SMILES string of the molecule is COc1ccc(-c2cccc(C3(C)COCC(N)=N3)c2)cc1Cl.O=CO. The van der Waals surface area contributed by atoms with Gasteiger partial charge in [-0.15, -0.1) is 0 Å². The summed E-state index contributed by atoms with van der Waals surface area (Å²) in [4.78, 5) is 12.9. The second-order valence-electron chi connectivity index (χ2n) is 5.91. The van der Waals surface area contributed by atoms with Crippen LogP contribution in [0.1, 0.15) is 12.5 Å². The van der Waals surface area contributed by atoms with Gasteiger partial charge >= 0.3 is 0 Å². The number of amidine groups is 1. The van der Waals surface area contributed by atoms with Crippen molar-refractivity contribution in [1.82, 2.24) is 0 Å². The van der Waals surface area contributed by atoms with Crippen molar-refractivity contribution in [3.8, 4) is 16.9 Å². The fraction of sp³-hybridized carbons (Fsp3) is 0.263. The fourth-order valence-electron chi connectivity index (χ4n) is 2.76. The average molecular weight is 377 g/mol. The number of halogens is 1. The second kappa shape index (κ2) is 8.69. The first-order chi connectivity index (χ1) is 12.4. The molecule has 3 rings (SSSR count). The molecule has 6 nitrogen and oxygen atoms in total. The van der Waals surface area contributed by atoms with Crippen LogP contribution in [0, 0.1) is 0 Å². The highest BCUT2D eigenvalue weighted by Gasteiger charge is 2.30. The third-order valence-corrected chi connectivity index (χ3v) is 4.29. The van der Waals surface area contributed by atoms with Gasteiger partial charge in [-0.1, -0.05) is 35.9 Å². The summed E-state index contributed by atoms with van der Waals surface area (Å²) in [7, 11) is 1.60. The Kier molecular flexibility index (Phi) is 6.60. The molecule has 0 radical (unpaired) electrons. The number of nitrogens with zero attached hydrogens (tertiary/aromatic N) is 1. The average Bonchev–Trinajstić information content (AvgIpc) is 2.62. The molecule has 2 aromatic rings. The van der Waals surface area contributed by atoms with Crippen LogP contribution in [-0.4, -0.2) is 37.7 Å². The van der Waals surface area contributed by atoms with Gasteiger partial charge in [0.2, 0.25) is 0 Å². The highest BCUT2D eigenvalue weighted by Crippen LogP contribution is 2.34. The Bertz CT molecular complexity index is 810. The summed E-state index contributed by atoms with van der Waals surface area (Å²) in [5, 5.41) is 7.48. The summed E-state index contributed by atoms with van der Waals surface area (Å²) in [5.74, 6) is 1.19. The molecule has 1 aliphatic heterocycles. The molecule has 1 atom stereocenters. The lowest BCUT2D eigenvalue weighted by atomic mass is 9.90. The van der Waals surface area contributed by atoms with E-state index in [2.05, 4.69) is 11.1 Å². The van der Waals surface area contributed by atoms with Crippen molar-refractivity contribution in [3.05, 3.63) is 53.1 Å². The highest BCUT2D eigenvalue weighted by atomic mass is 35.5.